The van der Waals surface area contributed by atoms with Gasteiger partial charge in [-0.2, -0.15) is 8.78 Å². The van der Waals surface area contributed by atoms with Crippen molar-refractivity contribution in [3.8, 4) is 0 Å². The van der Waals surface area contributed by atoms with Crippen LogP contribution in [0.25, 0.3) is 0 Å². The minimum atomic E-state index is -0.212. The average Bonchev–Trinajstić information content (AvgIpc) is 2.58. The highest BCUT2D eigenvalue weighted by Crippen LogP contribution is 2.55. The molecule has 2 rings (SSSR count). The molecule has 0 radical (unpaired) electrons. The molecule has 0 aliphatic carbocycles. The Labute approximate surface area is 85.3 Å². The molecule has 64 valence electrons. The maximum Gasteiger partial charge on any atom is 0.168 e. The number of thioether (sulfide) groups is 4. The molecule has 0 aromatic heterocycles. The van der Waals surface area contributed by atoms with E-state index in [4.69, 9.17) is 0 Å². The van der Waals surface area contributed by atoms with Gasteiger partial charge in [0, 0.05) is 10.8 Å². The van der Waals surface area contributed by atoms with Crippen molar-refractivity contribution in [2.75, 3.05) is 0 Å². The molecule has 0 nitrogen and oxygen atoms in total. The molecular weight excluding hydrogens is 238 g/mol. The summed E-state index contributed by atoms with van der Waals surface area (Å²) in [6, 6.07) is 0. The van der Waals surface area contributed by atoms with Gasteiger partial charge < -0.3 is 0 Å². The van der Waals surface area contributed by atoms with Crippen LogP contribution in [0.5, 0.6) is 0 Å². The van der Waals surface area contributed by atoms with Gasteiger partial charge in [0.2, 0.25) is 0 Å². The van der Waals surface area contributed by atoms with Crippen LogP contribution >= 0.6 is 47.0 Å². The highest BCUT2D eigenvalue weighted by atomic mass is 32.2. The molecule has 2 aliphatic heterocycles. The lowest BCUT2D eigenvalue weighted by molar-refractivity contribution is 0.703. The first-order valence-corrected chi connectivity index (χ1v) is 6.29. The first-order chi connectivity index (χ1) is 5.75. The molecule has 0 N–H and O–H groups in total. The van der Waals surface area contributed by atoms with Crippen LogP contribution in [-0.4, -0.2) is 0 Å². The van der Waals surface area contributed by atoms with Gasteiger partial charge in [0.25, 0.3) is 0 Å². The minimum Gasteiger partial charge on any atom is -0.198 e. The molecule has 0 bridgehead atoms. The zero-order valence-corrected chi connectivity index (χ0v) is 8.81. The van der Waals surface area contributed by atoms with Crippen LogP contribution in [0.15, 0.2) is 29.6 Å². The second kappa shape index (κ2) is 3.69. The fourth-order valence-corrected chi connectivity index (χ4v) is 4.67. The fourth-order valence-electron chi connectivity index (χ4n) is 0.653. The molecule has 12 heavy (non-hydrogen) atoms. The van der Waals surface area contributed by atoms with Crippen molar-refractivity contribution < 1.29 is 8.78 Å². The van der Waals surface area contributed by atoms with E-state index in [9.17, 15) is 8.78 Å². The van der Waals surface area contributed by atoms with Gasteiger partial charge in [-0.1, -0.05) is 23.5 Å². The van der Waals surface area contributed by atoms with Crippen LogP contribution in [0.1, 0.15) is 0 Å². The molecule has 0 fully saturated rings. The molecule has 0 amide bonds. The molecule has 0 spiro atoms. The van der Waals surface area contributed by atoms with Crippen LogP contribution in [0.2, 0.25) is 0 Å². The molecule has 0 saturated heterocycles. The fraction of sp³-hybridized carbons (Fsp3) is 0. The van der Waals surface area contributed by atoms with Gasteiger partial charge in [0.05, 0.1) is 8.47 Å². The lowest BCUT2D eigenvalue weighted by Gasteiger charge is -1.97. The van der Waals surface area contributed by atoms with Crippen LogP contribution in [-0.2, 0) is 0 Å². The van der Waals surface area contributed by atoms with Gasteiger partial charge in [-0.15, -0.1) is 0 Å². The molecular formula is C6H2F2S4. The van der Waals surface area contributed by atoms with Crippen molar-refractivity contribution in [2.24, 2.45) is 0 Å². The Kier molecular flexibility index (Phi) is 2.78. The number of halogens is 2. The highest BCUT2D eigenvalue weighted by molar-refractivity contribution is 8.33. The van der Waals surface area contributed by atoms with E-state index >= 15 is 0 Å². The Morgan fingerprint density at radius 1 is 0.833 bits per heavy atom. The Morgan fingerprint density at radius 3 is 1.50 bits per heavy atom. The minimum absolute atomic E-state index is 0.212. The monoisotopic (exact) mass is 240 g/mol. The van der Waals surface area contributed by atoms with Gasteiger partial charge in [-0.3, -0.25) is 0 Å². The van der Waals surface area contributed by atoms with Crippen molar-refractivity contribution >= 4 is 47.0 Å². The summed E-state index contributed by atoms with van der Waals surface area (Å²) in [6.07, 6.45) is 0. The summed E-state index contributed by atoms with van der Waals surface area (Å²) in [6.45, 7) is 0. The zero-order chi connectivity index (χ0) is 8.55. The molecule has 0 saturated carbocycles. The predicted molar refractivity (Wildman–Crippen MR) is 55.8 cm³/mol. The van der Waals surface area contributed by atoms with E-state index in [0.717, 1.165) is 32.0 Å². The van der Waals surface area contributed by atoms with Crippen LogP contribution in [0.4, 0.5) is 8.78 Å². The van der Waals surface area contributed by atoms with Gasteiger partial charge in [0.1, 0.15) is 0 Å². The second-order valence-corrected chi connectivity index (χ2v) is 6.14. The van der Waals surface area contributed by atoms with Crippen LogP contribution in [0, 0.1) is 0 Å². The summed E-state index contributed by atoms with van der Waals surface area (Å²) in [5.41, 5.74) is 0. The Morgan fingerprint density at radius 2 is 1.25 bits per heavy atom. The third-order valence-corrected chi connectivity index (χ3v) is 5.85. The van der Waals surface area contributed by atoms with E-state index in [2.05, 4.69) is 0 Å². The van der Waals surface area contributed by atoms with Crippen LogP contribution in [0.3, 0.4) is 0 Å². The van der Waals surface area contributed by atoms with E-state index < -0.39 is 0 Å². The van der Waals surface area contributed by atoms with Gasteiger partial charge in [0.15, 0.2) is 10.3 Å². The van der Waals surface area contributed by atoms with Crippen molar-refractivity contribution in [3.63, 3.8) is 0 Å². The van der Waals surface area contributed by atoms with Crippen LogP contribution < -0.4 is 0 Å². The largest absolute Gasteiger partial charge is 0.198 e. The normalized spacial score (nSPS) is 29.2. The SMILES string of the molecule is FC1=CS/C(=C2\SC=C(F)S2)S1. The number of hydrogen-bond acceptors (Lipinski definition) is 4. The number of hydrogen-bond donors (Lipinski definition) is 0. The molecule has 0 aromatic carbocycles. The third kappa shape index (κ3) is 1.86. The van der Waals surface area contributed by atoms with E-state index in [1.165, 1.54) is 34.3 Å². The maximum atomic E-state index is 12.6. The first kappa shape index (κ1) is 9.05. The van der Waals surface area contributed by atoms with Gasteiger partial charge >= 0.3 is 0 Å². The van der Waals surface area contributed by atoms with E-state index in [0.29, 0.717) is 0 Å². The molecule has 0 unspecified atom stereocenters. The highest BCUT2D eigenvalue weighted by Gasteiger charge is 2.21. The summed E-state index contributed by atoms with van der Waals surface area (Å²) in [7, 11) is 0. The first-order valence-electron chi connectivity index (χ1n) is 2.90. The predicted octanol–water partition coefficient (Wildman–Crippen LogP) is 4.61. The Bertz CT molecular complexity index is 275. The van der Waals surface area contributed by atoms with Crippen molar-refractivity contribution in [1.29, 1.82) is 0 Å². The quantitative estimate of drug-likeness (QED) is 0.606. The second-order valence-electron chi connectivity index (χ2n) is 1.86. The van der Waals surface area contributed by atoms with E-state index in [-0.39, 0.29) is 10.3 Å². The summed E-state index contributed by atoms with van der Waals surface area (Å²) in [4.78, 5) is 0. The van der Waals surface area contributed by atoms with Gasteiger partial charge in [-0.25, -0.2) is 0 Å². The summed E-state index contributed by atoms with van der Waals surface area (Å²) in [5.74, 6) is 0. The number of rotatable bonds is 0. The Balaban J connectivity index is 2.11. The average molecular weight is 240 g/mol. The topological polar surface area (TPSA) is 0 Å². The lowest BCUT2D eigenvalue weighted by Crippen LogP contribution is -1.65. The standard InChI is InChI=1S/C6H2F2S4/c7-3-1-9-5(11-3)6-10-2-4(8)12-6/h1-2H/b6-5-. The lowest BCUT2D eigenvalue weighted by atomic mass is 11.2. The van der Waals surface area contributed by atoms with Gasteiger partial charge in [-0.05, 0) is 23.5 Å². The molecule has 2 aliphatic rings. The maximum absolute atomic E-state index is 12.6. The summed E-state index contributed by atoms with van der Waals surface area (Å²) < 4.78 is 26.8. The van der Waals surface area contributed by atoms with E-state index in [1.807, 2.05) is 0 Å². The van der Waals surface area contributed by atoms with Crippen molar-refractivity contribution in [2.45, 2.75) is 0 Å². The van der Waals surface area contributed by atoms with Crippen molar-refractivity contribution in [1.82, 2.24) is 0 Å². The molecule has 0 aromatic rings. The summed E-state index contributed by atoms with van der Waals surface area (Å²) in [5, 5.41) is 2.45. The van der Waals surface area contributed by atoms with E-state index in [1.54, 1.807) is 0 Å². The molecule has 0 atom stereocenters. The summed E-state index contributed by atoms with van der Waals surface area (Å²) >= 11 is 4.75. The molecule has 2 heterocycles. The zero-order valence-electron chi connectivity index (χ0n) is 5.54. The van der Waals surface area contributed by atoms with Crippen molar-refractivity contribution in [3.05, 3.63) is 29.6 Å². The Hall–Kier alpha value is 0.480. The third-order valence-electron chi connectivity index (χ3n) is 1.06. The molecule has 6 heteroatoms. The smallest absolute Gasteiger partial charge is 0.168 e.